The summed E-state index contributed by atoms with van der Waals surface area (Å²) in [5.74, 6) is 0.694. The number of hydrogen-bond donors (Lipinski definition) is 1. The summed E-state index contributed by atoms with van der Waals surface area (Å²) in [6.45, 7) is 3.94. The van der Waals surface area contributed by atoms with Crippen molar-refractivity contribution in [3.05, 3.63) is 12.2 Å². The summed E-state index contributed by atoms with van der Waals surface area (Å²) in [5.41, 5.74) is 5.29. The van der Waals surface area contributed by atoms with E-state index in [9.17, 15) is 0 Å². The van der Waals surface area contributed by atoms with Crippen molar-refractivity contribution in [2.24, 2.45) is 11.7 Å². The van der Waals surface area contributed by atoms with E-state index in [1.54, 1.807) is 0 Å². The lowest BCUT2D eigenvalue weighted by Crippen LogP contribution is -2.20. The Bertz CT molecular complexity index is 142. The molecule has 0 saturated carbocycles. The Kier molecular flexibility index (Phi) is 5.81. The fourth-order valence-electron chi connectivity index (χ4n) is 1.38. The lowest BCUT2D eigenvalue weighted by molar-refractivity contribution is 0.0272. The second kappa shape index (κ2) is 7.06. The van der Waals surface area contributed by atoms with Gasteiger partial charge < -0.3 is 15.2 Å². The van der Waals surface area contributed by atoms with Crippen molar-refractivity contribution in [2.45, 2.75) is 12.8 Å². The van der Waals surface area contributed by atoms with E-state index in [2.05, 4.69) is 0 Å². The minimum Gasteiger partial charge on any atom is -0.381 e. The fourth-order valence-corrected chi connectivity index (χ4v) is 1.38. The summed E-state index contributed by atoms with van der Waals surface area (Å²) in [6, 6.07) is 0. The van der Waals surface area contributed by atoms with Gasteiger partial charge in [0.15, 0.2) is 0 Å². The Hall–Kier alpha value is -0.380. The van der Waals surface area contributed by atoms with E-state index in [1.165, 1.54) is 0 Å². The van der Waals surface area contributed by atoms with Crippen LogP contribution in [0.3, 0.4) is 0 Å². The zero-order valence-electron chi connectivity index (χ0n) is 8.08. The summed E-state index contributed by atoms with van der Waals surface area (Å²) in [6.07, 6.45) is 6.17. The molecule has 0 aliphatic carbocycles. The predicted molar refractivity (Wildman–Crippen MR) is 52.6 cm³/mol. The first-order valence-corrected chi connectivity index (χ1v) is 4.94. The molecule has 1 aliphatic rings. The average molecular weight is 185 g/mol. The van der Waals surface area contributed by atoms with Gasteiger partial charge in [-0.3, -0.25) is 0 Å². The molecule has 1 rings (SSSR count). The molecule has 2 N–H and O–H groups in total. The molecule has 0 spiro atoms. The maximum Gasteiger partial charge on any atom is 0.0648 e. The Labute approximate surface area is 79.9 Å². The number of rotatable bonds is 5. The molecular weight excluding hydrogens is 166 g/mol. The van der Waals surface area contributed by atoms with Gasteiger partial charge in [-0.15, -0.1) is 0 Å². The van der Waals surface area contributed by atoms with Gasteiger partial charge in [0.05, 0.1) is 6.61 Å². The fraction of sp³-hybridized carbons (Fsp3) is 0.800. The normalized spacial score (nSPS) is 19.8. The van der Waals surface area contributed by atoms with Crippen LogP contribution in [0, 0.1) is 5.92 Å². The van der Waals surface area contributed by atoms with Crippen molar-refractivity contribution in [2.75, 3.05) is 33.0 Å². The van der Waals surface area contributed by atoms with Crippen molar-refractivity contribution in [3.63, 3.8) is 0 Å². The quantitative estimate of drug-likeness (QED) is 0.512. The van der Waals surface area contributed by atoms with Crippen LogP contribution < -0.4 is 5.73 Å². The van der Waals surface area contributed by atoms with E-state index in [-0.39, 0.29) is 0 Å². The Morgan fingerprint density at radius 3 is 2.77 bits per heavy atom. The van der Waals surface area contributed by atoms with E-state index >= 15 is 0 Å². The summed E-state index contributed by atoms with van der Waals surface area (Å²) in [4.78, 5) is 0. The highest BCUT2D eigenvalue weighted by molar-refractivity contribution is 4.82. The van der Waals surface area contributed by atoms with E-state index in [4.69, 9.17) is 15.2 Å². The van der Waals surface area contributed by atoms with Crippen molar-refractivity contribution >= 4 is 0 Å². The van der Waals surface area contributed by atoms with Gasteiger partial charge >= 0.3 is 0 Å². The van der Waals surface area contributed by atoms with E-state index < -0.39 is 0 Å². The molecule has 1 aliphatic heterocycles. The molecule has 1 saturated heterocycles. The molecule has 0 atom stereocenters. The standard InChI is InChI=1S/C10H19NO2/c11-5-1-2-6-13-9-10-3-7-12-8-4-10/h1-2,10H,3-9,11H2. The number of nitrogens with two attached hydrogens (primary N) is 1. The predicted octanol–water partition coefficient (Wildman–Crippen LogP) is 0.944. The van der Waals surface area contributed by atoms with Crippen LogP contribution in [0.4, 0.5) is 0 Å². The minimum atomic E-state index is 0.598. The van der Waals surface area contributed by atoms with Crippen LogP contribution in [-0.4, -0.2) is 33.0 Å². The summed E-state index contributed by atoms with van der Waals surface area (Å²) in [5, 5.41) is 0. The molecule has 0 bridgehead atoms. The van der Waals surface area contributed by atoms with Crippen LogP contribution in [0.25, 0.3) is 0 Å². The number of hydrogen-bond acceptors (Lipinski definition) is 3. The van der Waals surface area contributed by atoms with E-state index in [0.29, 0.717) is 19.1 Å². The molecule has 0 radical (unpaired) electrons. The Morgan fingerprint density at radius 1 is 1.31 bits per heavy atom. The van der Waals surface area contributed by atoms with Crippen molar-refractivity contribution in [1.29, 1.82) is 0 Å². The van der Waals surface area contributed by atoms with Crippen LogP contribution in [0.1, 0.15) is 12.8 Å². The lowest BCUT2D eigenvalue weighted by Gasteiger charge is -2.21. The zero-order valence-corrected chi connectivity index (χ0v) is 8.08. The van der Waals surface area contributed by atoms with Crippen LogP contribution in [0.15, 0.2) is 12.2 Å². The lowest BCUT2D eigenvalue weighted by atomic mass is 10.0. The molecule has 76 valence electrons. The van der Waals surface area contributed by atoms with Gasteiger partial charge in [0, 0.05) is 26.4 Å². The molecule has 1 fully saturated rings. The molecule has 0 unspecified atom stereocenters. The monoisotopic (exact) mass is 185 g/mol. The zero-order chi connectivity index (χ0) is 9.36. The van der Waals surface area contributed by atoms with E-state index in [1.807, 2.05) is 12.2 Å². The highest BCUT2D eigenvalue weighted by Gasteiger charge is 2.12. The highest BCUT2D eigenvalue weighted by atomic mass is 16.5. The molecule has 0 amide bonds. The van der Waals surface area contributed by atoms with Crippen molar-refractivity contribution in [3.8, 4) is 0 Å². The molecule has 1 heterocycles. The van der Waals surface area contributed by atoms with E-state index in [0.717, 1.165) is 32.7 Å². The van der Waals surface area contributed by atoms with Crippen LogP contribution >= 0.6 is 0 Å². The molecular formula is C10H19NO2. The molecule has 13 heavy (non-hydrogen) atoms. The number of ether oxygens (including phenoxy) is 2. The summed E-state index contributed by atoms with van der Waals surface area (Å²) in [7, 11) is 0. The SMILES string of the molecule is NCC=CCOCC1CCOCC1. The first kappa shape index (κ1) is 10.7. The maximum atomic E-state index is 5.48. The molecule has 0 aromatic heterocycles. The smallest absolute Gasteiger partial charge is 0.0648 e. The first-order valence-electron chi connectivity index (χ1n) is 4.94. The summed E-state index contributed by atoms with van der Waals surface area (Å²) < 4.78 is 10.7. The first-order chi connectivity index (χ1) is 6.43. The third-order valence-corrected chi connectivity index (χ3v) is 2.21. The van der Waals surface area contributed by atoms with Crippen LogP contribution in [-0.2, 0) is 9.47 Å². The van der Waals surface area contributed by atoms with Crippen LogP contribution in [0.5, 0.6) is 0 Å². The topological polar surface area (TPSA) is 44.5 Å². The van der Waals surface area contributed by atoms with Gasteiger partial charge in [-0.05, 0) is 18.8 Å². The molecule has 3 nitrogen and oxygen atoms in total. The maximum absolute atomic E-state index is 5.48. The summed E-state index contributed by atoms with van der Waals surface area (Å²) >= 11 is 0. The van der Waals surface area contributed by atoms with Crippen molar-refractivity contribution in [1.82, 2.24) is 0 Å². The largest absolute Gasteiger partial charge is 0.381 e. The van der Waals surface area contributed by atoms with Crippen LogP contribution in [0.2, 0.25) is 0 Å². The third-order valence-electron chi connectivity index (χ3n) is 2.21. The van der Waals surface area contributed by atoms with Gasteiger partial charge in [0.2, 0.25) is 0 Å². The highest BCUT2D eigenvalue weighted by Crippen LogP contribution is 2.14. The van der Waals surface area contributed by atoms with Gasteiger partial charge in [-0.1, -0.05) is 12.2 Å². The van der Waals surface area contributed by atoms with Gasteiger partial charge in [-0.25, -0.2) is 0 Å². The second-order valence-electron chi connectivity index (χ2n) is 3.30. The minimum absolute atomic E-state index is 0.598. The molecule has 3 heteroatoms. The van der Waals surface area contributed by atoms with Gasteiger partial charge in [0.25, 0.3) is 0 Å². The van der Waals surface area contributed by atoms with Gasteiger partial charge in [0.1, 0.15) is 0 Å². The third kappa shape index (κ3) is 5.03. The Balaban J connectivity index is 1.95. The van der Waals surface area contributed by atoms with Crippen molar-refractivity contribution < 1.29 is 9.47 Å². The average Bonchev–Trinajstić information content (AvgIpc) is 2.19. The Morgan fingerprint density at radius 2 is 2.08 bits per heavy atom. The molecule has 0 aromatic carbocycles. The van der Waals surface area contributed by atoms with Gasteiger partial charge in [-0.2, -0.15) is 0 Å². The second-order valence-corrected chi connectivity index (χ2v) is 3.30. The molecule has 0 aromatic rings.